The number of hydrogen-bond donors (Lipinski definition) is 1. The molecule has 0 aromatic carbocycles. The summed E-state index contributed by atoms with van der Waals surface area (Å²) < 4.78 is 0.643. The van der Waals surface area contributed by atoms with Crippen LogP contribution in [-0.2, 0) is 0 Å². The summed E-state index contributed by atoms with van der Waals surface area (Å²) in [5.74, 6) is 0. The summed E-state index contributed by atoms with van der Waals surface area (Å²) in [7, 11) is 0. The molecule has 11 heavy (non-hydrogen) atoms. The minimum Gasteiger partial charge on any atom is -0.254 e. The van der Waals surface area contributed by atoms with Gasteiger partial charge in [0.15, 0.2) is 4.54 Å². The molecule has 4 nitrogen and oxygen atoms in total. The van der Waals surface area contributed by atoms with Crippen LogP contribution in [0.4, 0.5) is 0 Å². The zero-order valence-corrected chi connectivity index (χ0v) is 5.69. The molecule has 0 spiro atoms. The maximum atomic E-state index is 10.7. The Labute approximate surface area is 62.1 Å². The third-order valence-electron chi connectivity index (χ3n) is 1.46. The number of H-pyrrole nitrogens is 1. The van der Waals surface area contributed by atoms with Gasteiger partial charge in [-0.2, -0.15) is 0 Å². The Hall–Kier alpha value is -1.71. The van der Waals surface area contributed by atoms with Crippen molar-refractivity contribution < 1.29 is 4.54 Å². The Morgan fingerprint density at radius 3 is 3.36 bits per heavy atom. The Bertz CT molecular complexity index is 435. The van der Waals surface area contributed by atoms with Crippen LogP contribution in [0.25, 0.3) is 10.9 Å². The van der Waals surface area contributed by atoms with E-state index in [0.717, 1.165) is 10.9 Å². The van der Waals surface area contributed by atoms with Crippen molar-refractivity contribution in [2.24, 2.45) is 0 Å². The number of nitrogens with zero attached hydrogens (tertiary/aromatic N) is 2. The van der Waals surface area contributed by atoms with Gasteiger partial charge in [0.25, 0.3) is 6.20 Å². The lowest BCUT2D eigenvalue weighted by atomic mass is 10.3. The molecule has 0 radical (unpaired) electrons. The molecule has 0 saturated heterocycles. The van der Waals surface area contributed by atoms with E-state index in [1.54, 1.807) is 18.5 Å². The van der Waals surface area contributed by atoms with Gasteiger partial charge < -0.3 is 0 Å². The average Bonchev–Trinajstić information content (AvgIpc) is 2.04. The molecule has 0 aliphatic rings. The first-order chi connectivity index (χ1) is 5.36. The smallest absolute Gasteiger partial charge is 0.254 e. The second kappa shape index (κ2) is 2.16. The molecule has 0 saturated carbocycles. The lowest BCUT2D eigenvalue weighted by molar-refractivity contribution is -0.562. The Balaban J connectivity index is 2.94. The summed E-state index contributed by atoms with van der Waals surface area (Å²) in [6.45, 7) is 0. The number of aromatic nitrogens is 3. The second-order valence-electron chi connectivity index (χ2n) is 2.21. The van der Waals surface area contributed by atoms with Crippen molar-refractivity contribution >= 4 is 10.9 Å². The highest BCUT2D eigenvalue weighted by Gasteiger charge is 1.97. The first kappa shape index (κ1) is 6.03. The van der Waals surface area contributed by atoms with E-state index in [0.29, 0.717) is 4.54 Å². The molecule has 4 heteroatoms. The van der Waals surface area contributed by atoms with Crippen LogP contribution in [0, 0.1) is 4.91 Å². The molecule has 2 aromatic heterocycles. The van der Waals surface area contributed by atoms with E-state index in [-0.39, 0.29) is 0 Å². The van der Waals surface area contributed by atoms with Crippen molar-refractivity contribution in [3.63, 3.8) is 0 Å². The van der Waals surface area contributed by atoms with Crippen molar-refractivity contribution in [3.8, 4) is 0 Å². The zero-order chi connectivity index (χ0) is 7.68. The molecule has 54 valence electrons. The van der Waals surface area contributed by atoms with Gasteiger partial charge in [-0.1, -0.05) is 0 Å². The number of pyridine rings is 1. The first-order valence-corrected chi connectivity index (χ1v) is 3.22. The van der Waals surface area contributed by atoms with Crippen LogP contribution in [-0.4, -0.2) is 10.1 Å². The van der Waals surface area contributed by atoms with Gasteiger partial charge in [0, 0.05) is 6.20 Å². The number of hydrogen-bond acceptors (Lipinski definition) is 2. The Kier molecular flexibility index (Phi) is 1.18. The third kappa shape index (κ3) is 0.980. The lowest BCUT2D eigenvalue weighted by Gasteiger charge is -1.86. The van der Waals surface area contributed by atoms with Crippen LogP contribution in [0.15, 0.2) is 30.7 Å². The summed E-state index contributed by atoms with van der Waals surface area (Å²) in [4.78, 5) is 14.8. The second-order valence-corrected chi connectivity index (χ2v) is 2.21. The summed E-state index contributed by atoms with van der Waals surface area (Å²) in [6, 6.07) is 3.63. The number of nitrogens with one attached hydrogen (secondary N) is 1. The molecule has 0 bridgehead atoms. The molecule has 2 heterocycles. The SMILES string of the molecule is O=[n+]1cc2cccnc2c[nH]1. The van der Waals surface area contributed by atoms with E-state index >= 15 is 0 Å². The van der Waals surface area contributed by atoms with Crippen LogP contribution in [0.1, 0.15) is 0 Å². The molecule has 0 aliphatic heterocycles. The fraction of sp³-hybridized carbons (Fsp3) is 0. The summed E-state index contributed by atoms with van der Waals surface area (Å²) >= 11 is 0. The van der Waals surface area contributed by atoms with Crippen molar-refractivity contribution in [3.05, 3.63) is 35.6 Å². The van der Waals surface area contributed by atoms with Gasteiger partial charge in [-0.05, 0) is 12.1 Å². The number of rotatable bonds is 0. The quantitative estimate of drug-likeness (QED) is 0.552. The van der Waals surface area contributed by atoms with Gasteiger partial charge in [-0.15, -0.1) is 5.10 Å². The molecular weight excluding hydrogens is 142 g/mol. The predicted octanol–water partition coefficient (Wildman–Crippen LogP) is 0.477. The van der Waals surface area contributed by atoms with Gasteiger partial charge >= 0.3 is 0 Å². The maximum Gasteiger partial charge on any atom is 0.266 e. The molecule has 0 atom stereocenters. The fourth-order valence-electron chi connectivity index (χ4n) is 0.948. The molecule has 2 aromatic rings. The molecule has 0 unspecified atom stereocenters. The first-order valence-electron chi connectivity index (χ1n) is 3.22. The van der Waals surface area contributed by atoms with E-state index in [2.05, 4.69) is 10.1 Å². The van der Waals surface area contributed by atoms with Crippen LogP contribution in [0.5, 0.6) is 0 Å². The fourth-order valence-corrected chi connectivity index (χ4v) is 0.948. The van der Waals surface area contributed by atoms with E-state index in [1.165, 1.54) is 6.20 Å². The zero-order valence-electron chi connectivity index (χ0n) is 5.69. The normalized spacial score (nSPS) is 10.2. The molecule has 0 fully saturated rings. The maximum absolute atomic E-state index is 10.7. The van der Waals surface area contributed by atoms with Gasteiger partial charge in [0.2, 0.25) is 0 Å². The van der Waals surface area contributed by atoms with E-state index in [9.17, 15) is 4.91 Å². The summed E-state index contributed by atoms with van der Waals surface area (Å²) in [6.07, 6.45) is 4.70. The Morgan fingerprint density at radius 2 is 2.45 bits per heavy atom. The van der Waals surface area contributed by atoms with E-state index in [4.69, 9.17) is 0 Å². The highest BCUT2D eigenvalue weighted by molar-refractivity contribution is 5.74. The highest BCUT2D eigenvalue weighted by Crippen LogP contribution is 2.03. The largest absolute Gasteiger partial charge is 0.266 e. The summed E-state index contributed by atoms with van der Waals surface area (Å²) in [5, 5.41) is 3.31. The van der Waals surface area contributed by atoms with Gasteiger partial charge in [-0.25, -0.2) is 0 Å². The highest BCUT2D eigenvalue weighted by atomic mass is 16.3. The van der Waals surface area contributed by atoms with Crippen LogP contribution in [0.2, 0.25) is 0 Å². The van der Waals surface area contributed by atoms with Crippen LogP contribution in [0.3, 0.4) is 0 Å². The molecule has 2 rings (SSSR count). The molecular formula is C7H6N3O+. The molecule has 0 amide bonds. The molecule has 1 N–H and O–H groups in total. The predicted molar refractivity (Wildman–Crippen MR) is 39.5 cm³/mol. The topological polar surface area (TPSA) is 51.6 Å². The van der Waals surface area contributed by atoms with Gasteiger partial charge in [0.1, 0.15) is 0 Å². The van der Waals surface area contributed by atoms with Crippen LogP contribution < -0.4 is 4.54 Å². The minimum atomic E-state index is 0.643. The minimum absolute atomic E-state index is 0.643. The van der Waals surface area contributed by atoms with E-state index in [1.807, 2.05) is 6.07 Å². The summed E-state index contributed by atoms with van der Waals surface area (Å²) in [5.41, 5.74) is 0.791. The van der Waals surface area contributed by atoms with Crippen molar-refractivity contribution in [1.29, 1.82) is 0 Å². The van der Waals surface area contributed by atoms with Crippen LogP contribution >= 0.6 is 0 Å². The van der Waals surface area contributed by atoms with E-state index < -0.39 is 0 Å². The van der Waals surface area contributed by atoms with Gasteiger partial charge in [0.05, 0.1) is 22.0 Å². The average molecular weight is 148 g/mol. The molecule has 0 aliphatic carbocycles. The Morgan fingerprint density at radius 1 is 1.55 bits per heavy atom. The number of fused-ring (bicyclic) bond motifs is 1. The van der Waals surface area contributed by atoms with Crippen molar-refractivity contribution in [2.75, 3.05) is 0 Å². The number of aromatic amines is 1. The van der Waals surface area contributed by atoms with Crippen molar-refractivity contribution in [1.82, 2.24) is 10.1 Å². The standard InChI is InChI=1S/C7H6N3O/c11-10-5-6-2-1-3-8-7(6)4-9-10/h1-5H,(H,9,11)/q+1. The third-order valence-corrected chi connectivity index (χ3v) is 1.46. The monoisotopic (exact) mass is 148 g/mol. The van der Waals surface area contributed by atoms with Crippen molar-refractivity contribution in [2.45, 2.75) is 0 Å². The lowest BCUT2D eigenvalue weighted by Crippen LogP contribution is -2.17. The van der Waals surface area contributed by atoms with Gasteiger partial charge in [-0.3, -0.25) is 4.98 Å².